The van der Waals surface area contributed by atoms with Gasteiger partial charge in [-0.1, -0.05) is 38.5 Å². The van der Waals surface area contributed by atoms with E-state index in [0.29, 0.717) is 36.6 Å². The number of unbranched alkanes of at least 4 members (excludes halogenated alkanes) is 2. The van der Waals surface area contributed by atoms with Gasteiger partial charge in [-0.05, 0) is 88.0 Å². The molecule has 2 fully saturated rings. The summed E-state index contributed by atoms with van der Waals surface area (Å²) in [7, 11) is 3.41. The molecule has 0 spiro atoms. The van der Waals surface area contributed by atoms with Crippen LogP contribution in [0.15, 0.2) is 48.6 Å². The van der Waals surface area contributed by atoms with E-state index < -0.39 is 29.8 Å². The summed E-state index contributed by atoms with van der Waals surface area (Å²) in [5.74, 6) is -1.09. The van der Waals surface area contributed by atoms with E-state index in [4.69, 9.17) is 25.2 Å². The number of amides is 2. The number of aryl methyl sites for hydroxylation is 1. The first-order valence-electron chi connectivity index (χ1n) is 17.5. The number of hydrogen-bond donors (Lipinski definition) is 2. The summed E-state index contributed by atoms with van der Waals surface area (Å²) in [6.45, 7) is 6.72. The van der Waals surface area contributed by atoms with Gasteiger partial charge in [-0.2, -0.15) is 0 Å². The second-order valence-corrected chi connectivity index (χ2v) is 13.9. The smallest absolute Gasteiger partial charge is 0.307 e. The maximum absolute atomic E-state index is 13.7. The van der Waals surface area contributed by atoms with Crippen LogP contribution >= 0.6 is 0 Å². The Bertz CT molecular complexity index is 1700. The summed E-state index contributed by atoms with van der Waals surface area (Å²) in [6.07, 6.45) is 9.60. The molecule has 10 heteroatoms. The molecular weight excluding hydrogens is 620 g/mol. The second kappa shape index (κ2) is 15.8. The molecule has 49 heavy (non-hydrogen) atoms. The molecule has 2 aliphatic rings. The van der Waals surface area contributed by atoms with Crippen LogP contribution in [0.2, 0.25) is 0 Å². The molecule has 1 unspecified atom stereocenters. The number of aromatic nitrogens is 2. The fourth-order valence-corrected chi connectivity index (χ4v) is 7.40. The number of ether oxygens (including phenoxy) is 2. The molecule has 2 amide bonds. The number of nitrogens with two attached hydrogens (primary N) is 1. The number of carboxylic acids is 1. The lowest BCUT2D eigenvalue weighted by molar-refractivity contribution is -0.142. The Labute approximate surface area is 289 Å². The van der Waals surface area contributed by atoms with Crippen molar-refractivity contribution in [1.82, 2.24) is 14.9 Å². The van der Waals surface area contributed by atoms with Crippen molar-refractivity contribution in [1.29, 1.82) is 0 Å². The molecule has 0 bridgehead atoms. The van der Waals surface area contributed by atoms with Crippen molar-refractivity contribution in [2.45, 2.75) is 84.2 Å². The van der Waals surface area contributed by atoms with Gasteiger partial charge < -0.3 is 25.2 Å². The standard InChI is InChI=1S/C39H50N4O6/c1-23(2)31-15-11-16-32(41-31)33-22-35(28-17-18-34(48-5)24(3)36(28)42-33)49-26-20-29(37(40)44)30(21-26)38(45)43(4)19-9-7-6-8-12-25-13-10-14-27(25)39(46)47/h8,11-12,15-18,22-23,25-27,29-30H,6-7,9-10,13-14,19-21H2,1-5H3,(H2,40,44)(H,46,47)/b12-8-/t25-,26-,27?,29-,30-/m1/s1. The van der Waals surface area contributed by atoms with Crippen molar-refractivity contribution in [3.8, 4) is 22.9 Å². The van der Waals surface area contributed by atoms with Crippen molar-refractivity contribution < 1.29 is 29.0 Å². The number of carbonyl (C=O) groups excluding carboxylic acids is 2. The Balaban J connectivity index is 1.28. The van der Waals surface area contributed by atoms with Gasteiger partial charge in [0.15, 0.2) is 0 Å². The highest BCUT2D eigenvalue weighted by molar-refractivity contribution is 5.91. The molecule has 3 N–H and O–H groups in total. The Morgan fingerprint density at radius 2 is 1.80 bits per heavy atom. The number of carboxylic acid groups (broad SMARTS) is 1. The molecule has 2 heterocycles. The number of aliphatic carboxylic acids is 1. The summed E-state index contributed by atoms with van der Waals surface area (Å²) in [5.41, 5.74) is 9.83. The largest absolute Gasteiger partial charge is 0.496 e. The number of nitrogens with zero attached hydrogens (tertiary/aromatic N) is 3. The average Bonchev–Trinajstić information content (AvgIpc) is 3.74. The second-order valence-electron chi connectivity index (χ2n) is 13.9. The van der Waals surface area contributed by atoms with E-state index in [1.165, 1.54) is 0 Å². The van der Waals surface area contributed by atoms with Crippen LogP contribution in [-0.4, -0.2) is 64.6 Å². The van der Waals surface area contributed by atoms with Gasteiger partial charge in [-0.25, -0.2) is 4.98 Å². The fourth-order valence-electron chi connectivity index (χ4n) is 7.40. The molecule has 0 aliphatic heterocycles. The number of carbonyl (C=O) groups is 3. The lowest BCUT2D eigenvalue weighted by Crippen LogP contribution is -2.39. The molecule has 3 aromatic rings. The molecule has 2 aromatic heterocycles. The minimum absolute atomic E-state index is 0.101. The van der Waals surface area contributed by atoms with Crippen molar-refractivity contribution in [2.75, 3.05) is 20.7 Å². The third-order valence-corrected chi connectivity index (χ3v) is 10.2. The number of hydrogen-bond acceptors (Lipinski definition) is 7. The van der Waals surface area contributed by atoms with Crippen LogP contribution < -0.4 is 15.2 Å². The Morgan fingerprint density at radius 3 is 2.51 bits per heavy atom. The molecule has 2 aliphatic carbocycles. The van der Waals surface area contributed by atoms with Gasteiger partial charge in [-0.3, -0.25) is 19.4 Å². The van der Waals surface area contributed by atoms with Gasteiger partial charge in [0, 0.05) is 36.3 Å². The lowest BCUT2D eigenvalue weighted by atomic mass is 9.94. The van der Waals surface area contributed by atoms with Crippen LogP contribution in [-0.2, 0) is 14.4 Å². The van der Waals surface area contributed by atoms with Crippen LogP contribution in [0.5, 0.6) is 11.5 Å². The normalized spacial score (nSPS) is 22.2. The number of allylic oxidation sites excluding steroid dienone is 2. The molecule has 5 atom stereocenters. The highest BCUT2D eigenvalue weighted by Gasteiger charge is 2.44. The maximum atomic E-state index is 13.7. The Kier molecular flexibility index (Phi) is 11.6. The zero-order chi connectivity index (χ0) is 35.2. The summed E-state index contributed by atoms with van der Waals surface area (Å²) in [5, 5.41) is 10.2. The van der Waals surface area contributed by atoms with Gasteiger partial charge >= 0.3 is 5.97 Å². The number of benzene rings is 1. The zero-order valence-electron chi connectivity index (χ0n) is 29.4. The van der Waals surface area contributed by atoms with E-state index >= 15 is 0 Å². The first-order valence-corrected chi connectivity index (χ1v) is 17.5. The third-order valence-electron chi connectivity index (χ3n) is 10.2. The van der Waals surface area contributed by atoms with Crippen LogP contribution in [0, 0.1) is 30.6 Å². The monoisotopic (exact) mass is 670 g/mol. The van der Waals surface area contributed by atoms with E-state index in [-0.39, 0.29) is 23.7 Å². The highest BCUT2D eigenvalue weighted by atomic mass is 16.5. The van der Waals surface area contributed by atoms with Crippen LogP contribution in [0.1, 0.15) is 82.4 Å². The quantitative estimate of drug-likeness (QED) is 0.143. The number of methoxy groups -OCH3 is 1. The van der Waals surface area contributed by atoms with Crippen molar-refractivity contribution in [2.24, 2.45) is 29.4 Å². The van der Waals surface area contributed by atoms with E-state index in [0.717, 1.165) is 66.4 Å². The SMILES string of the molecule is COc1ccc2c(O[C@@H]3C[C@@H](C(N)=O)[C@H](C(=O)N(C)CCCC/C=C\[C@@H]4CCCC4C(=O)O)C3)cc(-c3cccc(C(C)C)n3)nc2c1C. The summed E-state index contributed by atoms with van der Waals surface area (Å²) < 4.78 is 12.2. The average molecular weight is 671 g/mol. The minimum atomic E-state index is -0.708. The third kappa shape index (κ3) is 8.23. The maximum Gasteiger partial charge on any atom is 0.307 e. The minimum Gasteiger partial charge on any atom is -0.496 e. The molecule has 10 nitrogen and oxygen atoms in total. The number of pyridine rings is 2. The molecule has 0 saturated heterocycles. The van der Waals surface area contributed by atoms with Crippen LogP contribution in [0.4, 0.5) is 0 Å². The van der Waals surface area contributed by atoms with Crippen molar-refractivity contribution in [3.05, 3.63) is 59.8 Å². The zero-order valence-corrected chi connectivity index (χ0v) is 29.4. The van der Waals surface area contributed by atoms with Gasteiger partial charge in [0.25, 0.3) is 0 Å². The molecule has 2 saturated carbocycles. The highest BCUT2D eigenvalue weighted by Crippen LogP contribution is 2.40. The van der Waals surface area contributed by atoms with Gasteiger partial charge in [0.05, 0.1) is 41.8 Å². The van der Waals surface area contributed by atoms with E-state index in [1.54, 1.807) is 19.1 Å². The molecule has 5 rings (SSSR count). The Hall–Kier alpha value is -4.47. The molecule has 1 aromatic carbocycles. The lowest BCUT2D eigenvalue weighted by Gasteiger charge is -2.23. The van der Waals surface area contributed by atoms with Gasteiger partial charge in [-0.15, -0.1) is 0 Å². The van der Waals surface area contributed by atoms with E-state index in [9.17, 15) is 19.5 Å². The van der Waals surface area contributed by atoms with E-state index in [1.807, 2.05) is 43.3 Å². The van der Waals surface area contributed by atoms with Gasteiger partial charge in [0.1, 0.15) is 17.6 Å². The topological polar surface area (TPSA) is 145 Å². The molecule has 262 valence electrons. The summed E-state index contributed by atoms with van der Waals surface area (Å²) >= 11 is 0. The van der Waals surface area contributed by atoms with Crippen LogP contribution in [0.3, 0.4) is 0 Å². The summed E-state index contributed by atoms with van der Waals surface area (Å²) in [6, 6.07) is 11.6. The number of rotatable bonds is 14. The molecular formula is C39H50N4O6. The first-order chi connectivity index (χ1) is 23.5. The van der Waals surface area contributed by atoms with Crippen molar-refractivity contribution in [3.63, 3.8) is 0 Å². The van der Waals surface area contributed by atoms with Gasteiger partial charge in [0.2, 0.25) is 11.8 Å². The fraction of sp³-hybridized carbons (Fsp3) is 0.513. The number of fused-ring (bicyclic) bond motifs is 1. The predicted octanol–water partition coefficient (Wildman–Crippen LogP) is 6.68. The van der Waals surface area contributed by atoms with Crippen LogP contribution in [0.25, 0.3) is 22.3 Å². The summed E-state index contributed by atoms with van der Waals surface area (Å²) in [4.78, 5) is 49.3. The van der Waals surface area contributed by atoms with E-state index in [2.05, 4.69) is 26.0 Å². The predicted molar refractivity (Wildman–Crippen MR) is 189 cm³/mol. The Morgan fingerprint density at radius 1 is 1.02 bits per heavy atom. The number of primary amides is 1. The molecule has 0 radical (unpaired) electrons. The van der Waals surface area contributed by atoms with Crippen molar-refractivity contribution >= 4 is 28.7 Å². The first kappa shape index (κ1) is 35.8.